The van der Waals surface area contributed by atoms with Gasteiger partial charge in [0.2, 0.25) is 0 Å². The minimum absolute atomic E-state index is 0.311. The van der Waals surface area contributed by atoms with Gasteiger partial charge in [-0.15, -0.1) is 0 Å². The Hall–Kier alpha value is 0.260. The van der Waals surface area contributed by atoms with E-state index in [0.29, 0.717) is 11.8 Å². The summed E-state index contributed by atoms with van der Waals surface area (Å²) >= 11 is 1.81. The van der Waals surface area contributed by atoms with Crippen molar-refractivity contribution in [2.24, 2.45) is 0 Å². The zero-order valence-electron chi connectivity index (χ0n) is 9.95. The molecule has 0 fully saturated rings. The molecule has 5 heteroatoms. The Kier molecular flexibility index (Phi) is 8.56. The first-order chi connectivity index (χ1) is 6.99. The molecule has 0 aromatic rings. The number of nitrogens with one attached hydrogen (secondary N) is 1. The lowest BCUT2D eigenvalue weighted by molar-refractivity contribution is 0.512. The molecule has 0 heterocycles. The lowest BCUT2D eigenvalue weighted by Crippen LogP contribution is -2.32. The number of sulfone groups is 1. The number of hydrogen-bond donors (Lipinski definition) is 1. The van der Waals surface area contributed by atoms with E-state index in [1.165, 1.54) is 6.26 Å². The van der Waals surface area contributed by atoms with Crippen molar-refractivity contribution in [2.45, 2.75) is 32.2 Å². The van der Waals surface area contributed by atoms with Crippen LogP contribution in [0.15, 0.2) is 0 Å². The van der Waals surface area contributed by atoms with Crippen LogP contribution >= 0.6 is 11.8 Å². The summed E-state index contributed by atoms with van der Waals surface area (Å²) < 4.78 is 21.9. The summed E-state index contributed by atoms with van der Waals surface area (Å²) in [6.45, 7) is 3.16. The van der Waals surface area contributed by atoms with Crippen LogP contribution in [0.2, 0.25) is 0 Å². The summed E-state index contributed by atoms with van der Waals surface area (Å²) in [5.74, 6) is 1.37. The third-order valence-electron chi connectivity index (χ3n) is 2.12. The Morgan fingerprint density at radius 2 is 2.07 bits per heavy atom. The second-order valence-electron chi connectivity index (χ2n) is 3.88. The predicted molar refractivity (Wildman–Crippen MR) is 69.4 cm³/mol. The predicted octanol–water partition coefficient (Wildman–Crippen LogP) is 1.54. The Balaban J connectivity index is 3.74. The standard InChI is InChI=1S/C10H23NO2S2/c1-4-7-11-10(9-14-2)6-5-8-15(3,12)13/h10-11H,4-9H2,1-3H3. The largest absolute Gasteiger partial charge is 0.313 e. The van der Waals surface area contributed by atoms with Gasteiger partial charge in [0.05, 0.1) is 0 Å². The minimum atomic E-state index is -2.79. The highest BCUT2D eigenvalue weighted by molar-refractivity contribution is 7.98. The molecular formula is C10H23NO2S2. The monoisotopic (exact) mass is 253 g/mol. The van der Waals surface area contributed by atoms with Crippen LogP contribution in [0, 0.1) is 0 Å². The molecule has 0 radical (unpaired) electrons. The summed E-state index contributed by atoms with van der Waals surface area (Å²) in [4.78, 5) is 0. The van der Waals surface area contributed by atoms with E-state index >= 15 is 0 Å². The molecule has 0 aromatic carbocycles. The van der Waals surface area contributed by atoms with Gasteiger partial charge in [-0.2, -0.15) is 11.8 Å². The van der Waals surface area contributed by atoms with Crippen molar-refractivity contribution in [1.82, 2.24) is 5.32 Å². The third kappa shape index (κ3) is 10.5. The highest BCUT2D eigenvalue weighted by Gasteiger charge is 2.08. The number of thioether (sulfide) groups is 1. The van der Waals surface area contributed by atoms with E-state index in [2.05, 4.69) is 18.5 Å². The number of rotatable bonds is 9. The fourth-order valence-electron chi connectivity index (χ4n) is 1.39. The van der Waals surface area contributed by atoms with Gasteiger partial charge in [-0.1, -0.05) is 6.92 Å². The maximum absolute atomic E-state index is 11.0. The molecule has 1 N–H and O–H groups in total. The second kappa shape index (κ2) is 8.42. The van der Waals surface area contributed by atoms with Crippen LogP contribution in [0.25, 0.3) is 0 Å². The molecule has 0 aliphatic heterocycles. The van der Waals surface area contributed by atoms with Crippen molar-refractivity contribution >= 4 is 21.6 Å². The Morgan fingerprint density at radius 3 is 2.53 bits per heavy atom. The van der Waals surface area contributed by atoms with E-state index in [1.54, 1.807) is 11.8 Å². The first-order valence-electron chi connectivity index (χ1n) is 5.39. The van der Waals surface area contributed by atoms with E-state index in [-0.39, 0.29) is 0 Å². The molecule has 0 aliphatic carbocycles. The zero-order chi connectivity index (χ0) is 11.7. The Labute approximate surface area is 98.3 Å². The van der Waals surface area contributed by atoms with Gasteiger partial charge in [0.25, 0.3) is 0 Å². The van der Waals surface area contributed by atoms with Gasteiger partial charge < -0.3 is 5.32 Å². The molecule has 15 heavy (non-hydrogen) atoms. The molecule has 0 saturated heterocycles. The van der Waals surface area contributed by atoms with Crippen LogP contribution in [-0.2, 0) is 9.84 Å². The van der Waals surface area contributed by atoms with E-state index in [4.69, 9.17) is 0 Å². The van der Waals surface area contributed by atoms with Gasteiger partial charge in [0, 0.05) is 23.8 Å². The summed E-state index contributed by atoms with van der Waals surface area (Å²) in [6, 6.07) is 0.460. The van der Waals surface area contributed by atoms with Crippen molar-refractivity contribution in [3.63, 3.8) is 0 Å². The molecule has 0 amide bonds. The van der Waals surface area contributed by atoms with Crippen molar-refractivity contribution in [2.75, 3.05) is 30.6 Å². The van der Waals surface area contributed by atoms with Crippen LogP contribution in [0.5, 0.6) is 0 Å². The van der Waals surface area contributed by atoms with Gasteiger partial charge in [0.15, 0.2) is 0 Å². The zero-order valence-corrected chi connectivity index (χ0v) is 11.6. The molecule has 0 saturated carbocycles. The molecule has 0 spiro atoms. The van der Waals surface area contributed by atoms with E-state index < -0.39 is 9.84 Å². The van der Waals surface area contributed by atoms with Crippen molar-refractivity contribution < 1.29 is 8.42 Å². The fourth-order valence-corrected chi connectivity index (χ4v) is 2.76. The topological polar surface area (TPSA) is 46.2 Å². The maximum Gasteiger partial charge on any atom is 0.147 e. The molecule has 1 unspecified atom stereocenters. The first kappa shape index (κ1) is 15.3. The van der Waals surface area contributed by atoms with Gasteiger partial charge >= 0.3 is 0 Å². The smallest absolute Gasteiger partial charge is 0.147 e. The molecule has 1 atom stereocenters. The summed E-state index contributed by atoms with van der Waals surface area (Å²) in [5, 5.41) is 3.44. The normalized spacial score (nSPS) is 14.1. The highest BCUT2D eigenvalue weighted by Crippen LogP contribution is 2.05. The summed E-state index contributed by atoms with van der Waals surface area (Å²) in [7, 11) is -2.79. The first-order valence-corrected chi connectivity index (χ1v) is 8.85. The van der Waals surface area contributed by atoms with Gasteiger partial charge in [-0.05, 0) is 32.1 Å². The van der Waals surface area contributed by atoms with Gasteiger partial charge in [-0.25, -0.2) is 8.42 Å². The Bertz CT molecular complexity index is 240. The maximum atomic E-state index is 11.0. The van der Waals surface area contributed by atoms with Gasteiger partial charge in [0.1, 0.15) is 9.84 Å². The highest BCUT2D eigenvalue weighted by atomic mass is 32.2. The van der Waals surface area contributed by atoms with Crippen LogP contribution in [0.3, 0.4) is 0 Å². The van der Waals surface area contributed by atoms with Crippen LogP contribution < -0.4 is 5.32 Å². The molecule has 0 rings (SSSR count). The average Bonchev–Trinajstić information content (AvgIpc) is 2.12. The molecular weight excluding hydrogens is 230 g/mol. The molecule has 0 aliphatic rings. The third-order valence-corrected chi connectivity index (χ3v) is 3.88. The fraction of sp³-hybridized carbons (Fsp3) is 1.00. The SMILES string of the molecule is CCCNC(CCCS(C)(=O)=O)CSC. The minimum Gasteiger partial charge on any atom is -0.313 e. The average molecular weight is 253 g/mol. The Morgan fingerprint density at radius 1 is 1.40 bits per heavy atom. The van der Waals surface area contributed by atoms with Crippen LogP contribution in [0.1, 0.15) is 26.2 Å². The lowest BCUT2D eigenvalue weighted by Gasteiger charge is -2.16. The molecule has 0 aromatic heterocycles. The summed E-state index contributed by atoms with van der Waals surface area (Å²) in [5.41, 5.74) is 0. The van der Waals surface area contributed by atoms with Crippen molar-refractivity contribution in [3.05, 3.63) is 0 Å². The van der Waals surface area contributed by atoms with Crippen LogP contribution in [-0.4, -0.2) is 45.0 Å². The van der Waals surface area contributed by atoms with Crippen LogP contribution in [0.4, 0.5) is 0 Å². The van der Waals surface area contributed by atoms with Crippen molar-refractivity contribution in [3.8, 4) is 0 Å². The van der Waals surface area contributed by atoms with E-state index in [9.17, 15) is 8.42 Å². The molecule has 92 valence electrons. The molecule has 0 bridgehead atoms. The second-order valence-corrected chi connectivity index (χ2v) is 7.05. The van der Waals surface area contributed by atoms with E-state index in [1.807, 2.05) is 0 Å². The van der Waals surface area contributed by atoms with Crippen molar-refractivity contribution in [1.29, 1.82) is 0 Å². The van der Waals surface area contributed by atoms with E-state index in [0.717, 1.165) is 31.6 Å². The summed E-state index contributed by atoms with van der Waals surface area (Å²) in [6.07, 6.45) is 6.22. The molecule has 3 nitrogen and oxygen atoms in total. The van der Waals surface area contributed by atoms with Gasteiger partial charge in [-0.3, -0.25) is 0 Å². The number of hydrogen-bond acceptors (Lipinski definition) is 4. The quantitative estimate of drug-likeness (QED) is 0.677. The lowest BCUT2D eigenvalue weighted by atomic mass is 10.2.